The van der Waals surface area contributed by atoms with Crippen LogP contribution in [0.2, 0.25) is 18.1 Å². The summed E-state index contributed by atoms with van der Waals surface area (Å²) < 4.78 is 21.8. The average Bonchev–Trinajstić information content (AvgIpc) is 2.66. The Labute approximate surface area is 174 Å². The van der Waals surface area contributed by atoms with Crippen LogP contribution in [0, 0.1) is 0 Å². The van der Waals surface area contributed by atoms with Crippen molar-refractivity contribution in [2.24, 2.45) is 0 Å². The van der Waals surface area contributed by atoms with Crippen molar-refractivity contribution in [1.29, 1.82) is 0 Å². The van der Waals surface area contributed by atoms with Gasteiger partial charge in [-0.2, -0.15) is 0 Å². The molecular weight excluding hydrogens is 392 g/mol. The summed E-state index contributed by atoms with van der Waals surface area (Å²) >= 11 is 0. The first-order chi connectivity index (χ1) is 13.7. The molecule has 1 rings (SSSR count). The molecule has 0 spiro atoms. The number of carbonyl (C=O) groups is 3. The van der Waals surface area contributed by atoms with Crippen molar-refractivity contribution in [1.82, 2.24) is 0 Å². The van der Waals surface area contributed by atoms with Gasteiger partial charge in [0.25, 0.3) is 0 Å². The van der Waals surface area contributed by atoms with Gasteiger partial charge in [0.15, 0.2) is 0 Å². The van der Waals surface area contributed by atoms with E-state index in [9.17, 15) is 14.4 Å². The molecule has 1 heterocycles. The molecule has 0 aromatic carbocycles. The highest BCUT2D eigenvalue weighted by molar-refractivity contribution is 6.86. The van der Waals surface area contributed by atoms with E-state index in [0.717, 1.165) is 23.3 Å². The fraction of sp³-hybridized carbons (Fsp3) is 0.667. The van der Waals surface area contributed by atoms with Crippen molar-refractivity contribution >= 4 is 26.0 Å². The zero-order valence-electron chi connectivity index (χ0n) is 18.4. The number of hydrogen-bond acceptors (Lipinski definition) is 7. The van der Waals surface area contributed by atoms with Gasteiger partial charge < -0.3 is 18.9 Å². The quantitative estimate of drug-likeness (QED) is 0.229. The molecule has 0 unspecified atom stereocenters. The van der Waals surface area contributed by atoms with E-state index in [4.69, 9.17) is 18.9 Å². The maximum atomic E-state index is 11.4. The minimum Gasteiger partial charge on any atom is -0.463 e. The van der Waals surface area contributed by atoms with Crippen molar-refractivity contribution in [2.45, 2.75) is 78.0 Å². The molecule has 0 saturated heterocycles. The number of esters is 3. The summed E-state index contributed by atoms with van der Waals surface area (Å²) in [6.07, 6.45) is 3.99. The van der Waals surface area contributed by atoms with Crippen LogP contribution in [0.3, 0.4) is 0 Å². The van der Waals surface area contributed by atoms with E-state index in [1.165, 1.54) is 20.8 Å². The Bertz CT molecular complexity index is 629. The lowest BCUT2D eigenvalue weighted by Gasteiger charge is -2.34. The predicted octanol–water partition coefficient (Wildman–Crippen LogP) is 3.34. The van der Waals surface area contributed by atoms with Crippen molar-refractivity contribution in [3.8, 4) is 0 Å². The van der Waals surface area contributed by atoms with Crippen LogP contribution in [-0.4, -0.2) is 57.5 Å². The van der Waals surface area contributed by atoms with E-state index in [0.29, 0.717) is 0 Å². The standard InChI is InChI=1S/C21H34O7Si/c1-7-29(8-2,9-3)19(13-25-15(4)22)12-18-10-11-20(27-17(6)24)21(28-18)14-26-16(5)23/h10-12,18,20-21H,7-9,13-14H2,1-6H3/b19-12+/t18-,20-,21+/m0/s1. The van der Waals surface area contributed by atoms with Crippen LogP contribution < -0.4 is 0 Å². The summed E-state index contributed by atoms with van der Waals surface area (Å²) in [5.41, 5.74) is 0. The van der Waals surface area contributed by atoms with Gasteiger partial charge in [-0.25, -0.2) is 0 Å². The third-order valence-corrected chi connectivity index (χ3v) is 11.2. The maximum Gasteiger partial charge on any atom is 0.303 e. The molecule has 8 heteroatoms. The van der Waals surface area contributed by atoms with E-state index < -0.39 is 32.2 Å². The van der Waals surface area contributed by atoms with Crippen LogP contribution >= 0.6 is 0 Å². The molecule has 0 aromatic heterocycles. The Kier molecular flexibility index (Phi) is 10.3. The highest BCUT2D eigenvalue weighted by Crippen LogP contribution is 2.30. The van der Waals surface area contributed by atoms with E-state index in [-0.39, 0.29) is 25.3 Å². The zero-order chi connectivity index (χ0) is 22.0. The van der Waals surface area contributed by atoms with Gasteiger partial charge in [0.2, 0.25) is 0 Å². The molecule has 0 aromatic rings. The SMILES string of the molecule is CC[Si](CC)(CC)/C(=C/[C@@H]1C=C[C@H](OC(C)=O)[C@@H](COC(C)=O)O1)COC(C)=O. The van der Waals surface area contributed by atoms with Gasteiger partial charge in [0.05, 0.1) is 14.2 Å². The second-order valence-electron chi connectivity index (χ2n) is 7.21. The van der Waals surface area contributed by atoms with E-state index >= 15 is 0 Å². The average molecular weight is 427 g/mol. The summed E-state index contributed by atoms with van der Waals surface area (Å²) in [6.45, 7) is 10.8. The van der Waals surface area contributed by atoms with Gasteiger partial charge in [-0.15, -0.1) is 0 Å². The molecule has 0 amide bonds. The molecule has 1 aliphatic rings. The molecule has 29 heavy (non-hydrogen) atoms. The Hall–Kier alpha value is -1.93. The smallest absolute Gasteiger partial charge is 0.303 e. The van der Waals surface area contributed by atoms with Crippen LogP contribution in [0.5, 0.6) is 0 Å². The summed E-state index contributed by atoms with van der Waals surface area (Å²) in [5, 5.41) is 1.13. The van der Waals surface area contributed by atoms with E-state index in [2.05, 4.69) is 20.8 Å². The van der Waals surface area contributed by atoms with Crippen molar-refractivity contribution in [3.05, 3.63) is 23.4 Å². The van der Waals surface area contributed by atoms with Gasteiger partial charge in [-0.05, 0) is 11.3 Å². The van der Waals surface area contributed by atoms with Crippen LogP contribution in [0.4, 0.5) is 0 Å². The van der Waals surface area contributed by atoms with Gasteiger partial charge >= 0.3 is 17.9 Å². The number of carbonyl (C=O) groups excluding carboxylic acids is 3. The predicted molar refractivity (Wildman–Crippen MR) is 112 cm³/mol. The fourth-order valence-corrected chi connectivity index (χ4v) is 7.35. The second-order valence-corrected chi connectivity index (χ2v) is 12.5. The summed E-state index contributed by atoms with van der Waals surface area (Å²) in [4.78, 5) is 34.0. The van der Waals surface area contributed by atoms with Crippen LogP contribution in [0.15, 0.2) is 23.4 Å². The van der Waals surface area contributed by atoms with E-state index in [1.807, 2.05) is 12.2 Å². The van der Waals surface area contributed by atoms with Gasteiger partial charge in [0.1, 0.15) is 25.4 Å². The molecule has 0 N–H and O–H groups in total. The number of hydrogen-bond donors (Lipinski definition) is 0. The minimum atomic E-state index is -1.80. The van der Waals surface area contributed by atoms with E-state index in [1.54, 1.807) is 6.08 Å². The first-order valence-corrected chi connectivity index (χ1v) is 12.8. The Morgan fingerprint density at radius 1 is 0.931 bits per heavy atom. The Morgan fingerprint density at radius 2 is 1.52 bits per heavy atom. The molecule has 0 fully saturated rings. The van der Waals surface area contributed by atoms with Gasteiger partial charge in [-0.1, -0.05) is 51.1 Å². The highest BCUT2D eigenvalue weighted by atomic mass is 28.3. The molecule has 0 saturated carbocycles. The van der Waals surface area contributed by atoms with Crippen LogP contribution in [0.25, 0.3) is 0 Å². The molecule has 0 radical (unpaired) electrons. The summed E-state index contributed by atoms with van der Waals surface area (Å²) in [6, 6.07) is 3.11. The van der Waals surface area contributed by atoms with Crippen molar-refractivity contribution in [2.75, 3.05) is 13.2 Å². The lowest BCUT2D eigenvalue weighted by Crippen LogP contribution is -2.42. The van der Waals surface area contributed by atoms with Gasteiger partial charge in [-0.3, -0.25) is 14.4 Å². The number of rotatable bonds is 10. The molecular formula is C21H34O7Si. The monoisotopic (exact) mass is 426 g/mol. The first-order valence-electron chi connectivity index (χ1n) is 10.2. The summed E-state index contributed by atoms with van der Waals surface area (Å²) in [5.74, 6) is -1.18. The topological polar surface area (TPSA) is 88.1 Å². The Balaban J connectivity index is 3.16. The first kappa shape index (κ1) is 25.1. The Morgan fingerprint density at radius 3 is 2.00 bits per heavy atom. The zero-order valence-corrected chi connectivity index (χ0v) is 19.4. The third-order valence-electron chi connectivity index (χ3n) is 5.45. The van der Waals surface area contributed by atoms with Crippen LogP contribution in [-0.2, 0) is 33.3 Å². The fourth-order valence-electron chi connectivity index (χ4n) is 3.59. The number of ether oxygens (including phenoxy) is 4. The van der Waals surface area contributed by atoms with Crippen molar-refractivity contribution in [3.63, 3.8) is 0 Å². The van der Waals surface area contributed by atoms with Gasteiger partial charge in [0, 0.05) is 20.8 Å². The largest absolute Gasteiger partial charge is 0.463 e. The molecule has 0 aliphatic carbocycles. The normalized spacial score (nSPS) is 22.1. The van der Waals surface area contributed by atoms with Crippen LogP contribution in [0.1, 0.15) is 41.5 Å². The van der Waals surface area contributed by atoms with Crippen molar-refractivity contribution < 1.29 is 33.3 Å². The maximum absolute atomic E-state index is 11.4. The second kappa shape index (κ2) is 11.9. The molecule has 0 bridgehead atoms. The molecule has 164 valence electrons. The lowest BCUT2D eigenvalue weighted by atomic mass is 10.1. The lowest BCUT2D eigenvalue weighted by molar-refractivity contribution is -0.161. The molecule has 7 nitrogen and oxygen atoms in total. The third kappa shape index (κ3) is 7.78. The molecule has 3 atom stereocenters. The minimum absolute atomic E-state index is 0.0147. The highest BCUT2D eigenvalue weighted by Gasteiger charge is 2.35. The molecule has 1 aliphatic heterocycles. The summed E-state index contributed by atoms with van der Waals surface area (Å²) in [7, 11) is -1.80.